The average Bonchev–Trinajstić information content (AvgIpc) is 3.15. The van der Waals surface area contributed by atoms with Crippen molar-refractivity contribution in [1.82, 2.24) is 15.0 Å². The van der Waals surface area contributed by atoms with E-state index in [1.165, 1.54) is 25.4 Å². The van der Waals surface area contributed by atoms with Crippen molar-refractivity contribution in [3.63, 3.8) is 0 Å². The van der Waals surface area contributed by atoms with Crippen LogP contribution in [0.2, 0.25) is 0 Å². The van der Waals surface area contributed by atoms with E-state index in [4.69, 9.17) is 9.47 Å². The molecule has 0 aliphatic heterocycles. The summed E-state index contributed by atoms with van der Waals surface area (Å²) in [6.07, 6.45) is -12.2. The highest BCUT2D eigenvalue weighted by Gasteiger charge is 2.44. The number of rotatable bonds is 9. The molecular formula is C18H14F7N3O4S. The zero-order valence-corrected chi connectivity index (χ0v) is 17.3. The minimum atomic E-state index is -4.72. The molecule has 0 bridgehead atoms. The predicted molar refractivity (Wildman–Crippen MR) is 100 cm³/mol. The zero-order chi connectivity index (χ0) is 24.4. The van der Waals surface area contributed by atoms with E-state index in [0.717, 1.165) is 12.1 Å². The molecule has 2 aromatic heterocycles. The number of pyridine rings is 1. The Morgan fingerprint density at radius 3 is 2.52 bits per heavy atom. The molecule has 33 heavy (non-hydrogen) atoms. The van der Waals surface area contributed by atoms with Gasteiger partial charge in [0.2, 0.25) is 0 Å². The van der Waals surface area contributed by atoms with Crippen molar-refractivity contribution in [2.75, 3.05) is 13.7 Å². The number of imidazole rings is 1. The maximum atomic E-state index is 13.1. The first-order valence-corrected chi connectivity index (χ1v) is 10.2. The van der Waals surface area contributed by atoms with Crippen molar-refractivity contribution in [3.8, 4) is 17.2 Å². The lowest BCUT2D eigenvalue weighted by Gasteiger charge is -2.16. The molecule has 2 heterocycles. The molecule has 0 aliphatic carbocycles. The van der Waals surface area contributed by atoms with Crippen LogP contribution in [0.4, 0.5) is 30.7 Å². The van der Waals surface area contributed by atoms with Crippen molar-refractivity contribution < 1.29 is 49.2 Å². The van der Waals surface area contributed by atoms with Crippen LogP contribution < -0.4 is 14.2 Å². The SMILES string of the molecule is COc1ccnc(CS(=O)c2nc3ccc(OC(F)(F)C(F)F)cc3[nH]2)c1OCC(F)(F)F. The van der Waals surface area contributed by atoms with E-state index in [1.54, 1.807) is 0 Å². The number of benzene rings is 1. The van der Waals surface area contributed by atoms with Gasteiger partial charge in [-0.25, -0.2) is 4.98 Å². The minimum Gasteiger partial charge on any atom is -0.493 e. The van der Waals surface area contributed by atoms with Gasteiger partial charge in [-0.15, -0.1) is 0 Å². The lowest BCUT2D eigenvalue weighted by Crippen LogP contribution is -2.33. The lowest BCUT2D eigenvalue weighted by molar-refractivity contribution is -0.253. The van der Waals surface area contributed by atoms with E-state index in [-0.39, 0.29) is 33.4 Å². The lowest BCUT2D eigenvalue weighted by atomic mass is 10.3. The number of hydrogen-bond donors (Lipinski definition) is 1. The van der Waals surface area contributed by atoms with Gasteiger partial charge in [0.1, 0.15) is 5.75 Å². The third kappa shape index (κ3) is 6.03. The van der Waals surface area contributed by atoms with Crippen LogP contribution in [0.25, 0.3) is 11.0 Å². The van der Waals surface area contributed by atoms with Crippen molar-refractivity contribution >= 4 is 21.8 Å². The number of fused-ring (bicyclic) bond motifs is 1. The van der Waals surface area contributed by atoms with E-state index in [9.17, 15) is 34.9 Å². The Balaban J connectivity index is 1.84. The first kappa shape index (κ1) is 24.5. The van der Waals surface area contributed by atoms with Crippen LogP contribution in [-0.2, 0) is 16.6 Å². The zero-order valence-electron chi connectivity index (χ0n) is 16.5. The summed E-state index contributed by atoms with van der Waals surface area (Å²) in [7, 11) is -0.799. The van der Waals surface area contributed by atoms with Gasteiger partial charge in [0, 0.05) is 18.3 Å². The summed E-state index contributed by atoms with van der Waals surface area (Å²) in [5, 5.41) is -0.172. The molecule has 0 spiro atoms. The highest BCUT2D eigenvalue weighted by atomic mass is 32.2. The normalized spacial score (nSPS) is 13.4. The Hall–Kier alpha value is -3.10. The Kier molecular flexibility index (Phi) is 7.00. The molecule has 1 N–H and O–H groups in total. The Morgan fingerprint density at radius 1 is 1.15 bits per heavy atom. The van der Waals surface area contributed by atoms with Gasteiger partial charge in [0.25, 0.3) is 0 Å². The topological polar surface area (TPSA) is 86.3 Å². The number of halogens is 7. The Labute approximate surface area is 183 Å². The highest BCUT2D eigenvalue weighted by Crippen LogP contribution is 2.33. The van der Waals surface area contributed by atoms with Gasteiger partial charge >= 0.3 is 18.7 Å². The van der Waals surface area contributed by atoms with Gasteiger partial charge in [-0.3, -0.25) is 9.19 Å². The van der Waals surface area contributed by atoms with E-state index < -0.39 is 47.6 Å². The number of alkyl halides is 7. The fraction of sp³-hybridized carbons (Fsp3) is 0.333. The molecule has 0 amide bonds. The Bertz CT molecular complexity index is 1150. The van der Waals surface area contributed by atoms with Crippen molar-refractivity contribution in [2.24, 2.45) is 0 Å². The third-order valence-corrected chi connectivity index (χ3v) is 5.13. The number of nitrogens with zero attached hydrogens (tertiary/aromatic N) is 2. The Morgan fingerprint density at radius 2 is 1.88 bits per heavy atom. The minimum absolute atomic E-state index is 0.0491. The van der Waals surface area contributed by atoms with Gasteiger partial charge in [0.15, 0.2) is 23.3 Å². The molecule has 1 aromatic carbocycles. The summed E-state index contributed by atoms with van der Waals surface area (Å²) in [6.45, 7) is -1.63. The van der Waals surface area contributed by atoms with Crippen LogP contribution in [0.5, 0.6) is 17.2 Å². The molecule has 0 saturated carbocycles. The van der Waals surface area contributed by atoms with Gasteiger partial charge < -0.3 is 19.2 Å². The largest absolute Gasteiger partial charge is 0.493 e. The molecule has 15 heteroatoms. The second-order valence-corrected chi connectivity index (χ2v) is 7.73. The monoisotopic (exact) mass is 501 g/mol. The number of aromatic nitrogens is 3. The maximum absolute atomic E-state index is 13.1. The summed E-state index contributed by atoms with van der Waals surface area (Å²) in [6, 6.07) is 4.36. The highest BCUT2D eigenvalue weighted by molar-refractivity contribution is 7.84. The molecule has 7 nitrogen and oxygen atoms in total. The number of H-pyrrole nitrogens is 1. The molecule has 1 unspecified atom stereocenters. The van der Waals surface area contributed by atoms with Gasteiger partial charge in [-0.1, -0.05) is 0 Å². The molecule has 0 radical (unpaired) electrons. The van der Waals surface area contributed by atoms with E-state index >= 15 is 0 Å². The van der Waals surface area contributed by atoms with Crippen LogP contribution >= 0.6 is 0 Å². The van der Waals surface area contributed by atoms with Crippen LogP contribution in [0, 0.1) is 0 Å². The van der Waals surface area contributed by atoms with Crippen LogP contribution in [0.1, 0.15) is 5.69 Å². The molecule has 3 rings (SSSR count). The van der Waals surface area contributed by atoms with E-state index in [0.29, 0.717) is 0 Å². The van der Waals surface area contributed by atoms with Crippen LogP contribution in [0.3, 0.4) is 0 Å². The summed E-state index contributed by atoms with van der Waals surface area (Å²) in [5.74, 6) is -1.44. The third-order valence-electron chi connectivity index (χ3n) is 3.97. The van der Waals surface area contributed by atoms with Crippen LogP contribution in [-0.4, -0.2) is 51.6 Å². The predicted octanol–water partition coefficient (Wildman–Crippen LogP) is 4.45. The summed E-state index contributed by atoms with van der Waals surface area (Å²) < 4.78 is 115. The second-order valence-electron chi connectivity index (χ2n) is 6.37. The number of hydrogen-bond acceptors (Lipinski definition) is 6. The first-order valence-electron chi connectivity index (χ1n) is 8.84. The van der Waals surface area contributed by atoms with Crippen molar-refractivity contribution in [3.05, 3.63) is 36.2 Å². The molecule has 1 atom stereocenters. The standard InChI is InChI=1S/C18H14F7N3O4S/c1-30-13-4-5-26-12(14(13)31-8-17(21,22)23)7-33(29)16-27-10-3-2-9(6-11(10)28-16)32-18(24,25)15(19)20/h2-6,15H,7-8H2,1H3,(H,27,28). The number of nitrogens with one attached hydrogen (secondary N) is 1. The van der Waals surface area contributed by atoms with E-state index in [1.807, 2.05) is 0 Å². The fourth-order valence-electron chi connectivity index (χ4n) is 2.57. The van der Waals surface area contributed by atoms with Crippen molar-refractivity contribution in [2.45, 2.75) is 29.6 Å². The van der Waals surface area contributed by atoms with Gasteiger partial charge in [0.05, 0.1) is 40.4 Å². The molecule has 0 aliphatic rings. The summed E-state index contributed by atoms with van der Waals surface area (Å²) in [4.78, 5) is 10.5. The van der Waals surface area contributed by atoms with E-state index in [2.05, 4.69) is 19.7 Å². The fourth-order valence-corrected chi connectivity index (χ4v) is 3.59. The molecule has 0 saturated heterocycles. The van der Waals surface area contributed by atoms with Crippen molar-refractivity contribution in [1.29, 1.82) is 0 Å². The summed E-state index contributed by atoms with van der Waals surface area (Å²) >= 11 is 0. The smallest absolute Gasteiger partial charge is 0.461 e. The maximum Gasteiger partial charge on any atom is 0.461 e. The van der Waals surface area contributed by atoms with Gasteiger partial charge in [-0.2, -0.15) is 30.7 Å². The molecule has 180 valence electrons. The molecule has 0 fully saturated rings. The first-order chi connectivity index (χ1) is 15.4. The summed E-state index contributed by atoms with van der Waals surface area (Å²) in [5.41, 5.74) is 0.0873. The molecule has 3 aromatic rings. The second kappa shape index (κ2) is 9.41. The number of aromatic amines is 1. The molecular weight excluding hydrogens is 487 g/mol. The van der Waals surface area contributed by atoms with Gasteiger partial charge in [-0.05, 0) is 12.1 Å². The quantitative estimate of drug-likeness (QED) is 0.436. The number of ether oxygens (including phenoxy) is 3. The average molecular weight is 501 g/mol. The van der Waals surface area contributed by atoms with Crippen LogP contribution in [0.15, 0.2) is 35.6 Å². The number of methoxy groups -OCH3 is 1.